The van der Waals surface area contributed by atoms with Crippen LogP contribution in [0.15, 0.2) is 0 Å². The minimum absolute atomic E-state index is 0.150. The zero-order chi connectivity index (χ0) is 12.5. The smallest absolute Gasteiger partial charge is 0.407 e. The fourth-order valence-electron chi connectivity index (χ4n) is 3.07. The molecular formula is C13H24N2O2. The highest BCUT2D eigenvalue weighted by atomic mass is 16.6. The molecule has 98 valence electrons. The van der Waals surface area contributed by atoms with Gasteiger partial charge in [-0.1, -0.05) is 0 Å². The zero-order valence-corrected chi connectivity index (χ0v) is 11.1. The second kappa shape index (κ2) is 4.48. The third-order valence-electron chi connectivity index (χ3n) is 3.75. The number of carbonyl (C=O) groups excluding carboxylic acids is 1. The maximum Gasteiger partial charge on any atom is 0.407 e. The molecule has 2 atom stereocenters. The first-order valence-electron chi connectivity index (χ1n) is 6.66. The Bertz CT molecular complexity index is 285. The van der Waals surface area contributed by atoms with Crippen LogP contribution >= 0.6 is 0 Å². The molecule has 17 heavy (non-hydrogen) atoms. The van der Waals surface area contributed by atoms with E-state index < -0.39 is 5.60 Å². The van der Waals surface area contributed by atoms with E-state index in [9.17, 15) is 4.79 Å². The summed E-state index contributed by atoms with van der Waals surface area (Å²) in [5.74, 6) is 0. The van der Waals surface area contributed by atoms with Crippen molar-refractivity contribution in [1.82, 2.24) is 10.6 Å². The van der Waals surface area contributed by atoms with E-state index in [1.807, 2.05) is 20.8 Å². The van der Waals surface area contributed by atoms with Crippen molar-refractivity contribution in [3.8, 4) is 0 Å². The van der Waals surface area contributed by atoms with Crippen LogP contribution in [0.3, 0.4) is 0 Å². The van der Waals surface area contributed by atoms with Crippen molar-refractivity contribution in [3.63, 3.8) is 0 Å². The van der Waals surface area contributed by atoms with E-state index in [-0.39, 0.29) is 17.7 Å². The van der Waals surface area contributed by atoms with Gasteiger partial charge in [0.25, 0.3) is 0 Å². The van der Waals surface area contributed by atoms with Crippen LogP contribution in [0.25, 0.3) is 0 Å². The lowest BCUT2D eigenvalue weighted by atomic mass is 9.91. The minimum Gasteiger partial charge on any atom is -0.444 e. The average molecular weight is 240 g/mol. The summed E-state index contributed by atoms with van der Waals surface area (Å²) in [6.45, 7) is 6.76. The van der Waals surface area contributed by atoms with Crippen molar-refractivity contribution in [2.24, 2.45) is 0 Å². The van der Waals surface area contributed by atoms with Gasteiger partial charge in [0.1, 0.15) is 5.60 Å². The molecule has 0 aromatic heterocycles. The summed E-state index contributed by atoms with van der Waals surface area (Å²) in [4.78, 5) is 11.8. The molecule has 1 amide bonds. The van der Waals surface area contributed by atoms with E-state index in [0.29, 0.717) is 0 Å². The third kappa shape index (κ3) is 2.92. The third-order valence-corrected chi connectivity index (χ3v) is 3.75. The van der Waals surface area contributed by atoms with Gasteiger partial charge in [-0.15, -0.1) is 0 Å². The molecule has 0 bridgehead atoms. The molecule has 2 rings (SSSR count). The summed E-state index contributed by atoms with van der Waals surface area (Å²) in [5.41, 5.74) is -0.268. The highest BCUT2D eigenvalue weighted by Crippen LogP contribution is 2.37. The van der Waals surface area contributed by atoms with Crippen molar-refractivity contribution in [3.05, 3.63) is 0 Å². The van der Waals surface area contributed by atoms with Crippen LogP contribution in [0, 0.1) is 0 Å². The molecule has 1 aliphatic heterocycles. The van der Waals surface area contributed by atoms with Crippen molar-refractivity contribution >= 4 is 6.09 Å². The van der Waals surface area contributed by atoms with Gasteiger partial charge in [-0.2, -0.15) is 0 Å². The molecule has 1 spiro atoms. The molecule has 2 aliphatic rings. The van der Waals surface area contributed by atoms with Gasteiger partial charge in [0.15, 0.2) is 0 Å². The summed E-state index contributed by atoms with van der Waals surface area (Å²) >= 11 is 0. The van der Waals surface area contributed by atoms with Crippen LogP contribution in [-0.4, -0.2) is 29.8 Å². The van der Waals surface area contributed by atoms with E-state index in [0.717, 1.165) is 13.0 Å². The normalized spacial score (nSPS) is 33.0. The quantitative estimate of drug-likeness (QED) is 0.738. The molecule has 2 fully saturated rings. The molecule has 4 heteroatoms. The van der Waals surface area contributed by atoms with E-state index in [1.165, 1.54) is 25.7 Å². The lowest BCUT2D eigenvalue weighted by Gasteiger charge is -2.32. The van der Waals surface area contributed by atoms with Crippen LogP contribution in [-0.2, 0) is 4.74 Å². The van der Waals surface area contributed by atoms with Gasteiger partial charge in [-0.3, -0.25) is 0 Å². The van der Waals surface area contributed by atoms with Crippen LogP contribution in [0.1, 0.15) is 52.9 Å². The molecule has 1 saturated heterocycles. The van der Waals surface area contributed by atoms with Crippen molar-refractivity contribution in [2.45, 2.75) is 70.1 Å². The molecule has 2 N–H and O–H groups in total. The second-order valence-electron chi connectivity index (χ2n) is 6.28. The number of hydrogen-bond donors (Lipinski definition) is 2. The Morgan fingerprint density at radius 1 is 1.35 bits per heavy atom. The monoisotopic (exact) mass is 240 g/mol. The van der Waals surface area contributed by atoms with Gasteiger partial charge < -0.3 is 15.4 Å². The Balaban J connectivity index is 1.92. The Kier molecular flexibility index (Phi) is 3.34. The van der Waals surface area contributed by atoms with Gasteiger partial charge in [0.05, 0.1) is 6.04 Å². The summed E-state index contributed by atoms with van der Waals surface area (Å²) in [6.07, 6.45) is 5.53. The Morgan fingerprint density at radius 3 is 2.65 bits per heavy atom. The minimum atomic E-state index is -0.418. The number of alkyl carbamates (subject to hydrolysis) is 1. The summed E-state index contributed by atoms with van der Waals surface area (Å²) in [6, 6.07) is 0.236. The molecular weight excluding hydrogens is 216 g/mol. The number of hydrogen-bond acceptors (Lipinski definition) is 3. The highest BCUT2D eigenvalue weighted by molar-refractivity contribution is 5.68. The molecule has 1 heterocycles. The first-order valence-corrected chi connectivity index (χ1v) is 6.66. The van der Waals surface area contributed by atoms with Crippen molar-refractivity contribution < 1.29 is 9.53 Å². The van der Waals surface area contributed by atoms with Crippen LogP contribution < -0.4 is 10.6 Å². The molecule has 0 aromatic rings. The first kappa shape index (κ1) is 12.7. The molecule has 4 nitrogen and oxygen atoms in total. The van der Waals surface area contributed by atoms with Gasteiger partial charge in [-0.25, -0.2) is 4.79 Å². The summed E-state index contributed by atoms with van der Waals surface area (Å²) < 4.78 is 5.32. The van der Waals surface area contributed by atoms with E-state index in [4.69, 9.17) is 4.74 Å². The predicted molar refractivity (Wildman–Crippen MR) is 67.0 cm³/mol. The van der Waals surface area contributed by atoms with Gasteiger partial charge >= 0.3 is 6.09 Å². The summed E-state index contributed by atoms with van der Waals surface area (Å²) in [7, 11) is 0. The largest absolute Gasteiger partial charge is 0.444 e. The standard InChI is InChI=1S/C13H24N2O2/c1-12(2,3)17-11(16)15-10-6-4-7-13(10)8-5-9-14-13/h10,14H,4-9H2,1-3H3,(H,15,16). The average Bonchev–Trinajstić information content (AvgIpc) is 2.76. The molecule has 0 radical (unpaired) electrons. The molecule has 1 aliphatic carbocycles. The summed E-state index contributed by atoms with van der Waals surface area (Å²) in [5, 5.41) is 6.62. The molecule has 0 aromatic carbocycles. The lowest BCUT2D eigenvalue weighted by Crippen LogP contribution is -2.55. The van der Waals surface area contributed by atoms with Gasteiger partial charge in [-0.05, 0) is 59.4 Å². The van der Waals surface area contributed by atoms with E-state index in [2.05, 4.69) is 10.6 Å². The number of ether oxygens (including phenoxy) is 1. The Labute approximate surface area is 103 Å². The SMILES string of the molecule is CC(C)(C)OC(=O)NC1CCCC12CCCN2. The first-order chi connectivity index (χ1) is 7.91. The number of rotatable bonds is 1. The lowest BCUT2D eigenvalue weighted by molar-refractivity contribution is 0.0481. The topological polar surface area (TPSA) is 50.4 Å². The Morgan fingerprint density at radius 2 is 2.06 bits per heavy atom. The second-order valence-corrected chi connectivity index (χ2v) is 6.28. The number of carbonyl (C=O) groups is 1. The zero-order valence-electron chi connectivity index (χ0n) is 11.1. The van der Waals surface area contributed by atoms with Crippen molar-refractivity contribution in [1.29, 1.82) is 0 Å². The molecule has 1 saturated carbocycles. The van der Waals surface area contributed by atoms with Crippen LogP contribution in [0.2, 0.25) is 0 Å². The maximum atomic E-state index is 11.8. The van der Waals surface area contributed by atoms with Crippen LogP contribution in [0.5, 0.6) is 0 Å². The van der Waals surface area contributed by atoms with E-state index >= 15 is 0 Å². The number of nitrogens with one attached hydrogen (secondary N) is 2. The van der Waals surface area contributed by atoms with Crippen molar-refractivity contribution in [2.75, 3.05) is 6.54 Å². The maximum absolute atomic E-state index is 11.8. The fourth-order valence-corrected chi connectivity index (χ4v) is 3.07. The highest BCUT2D eigenvalue weighted by Gasteiger charge is 2.45. The van der Waals surface area contributed by atoms with Gasteiger partial charge in [0, 0.05) is 5.54 Å². The molecule has 2 unspecified atom stereocenters. The van der Waals surface area contributed by atoms with E-state index in [1.54, 1.807) is 0 Å². The Hall–Kier alpha value is -0.770. The fraction of sp³-hybridized carbons (Fsp3) is 0.923. The van der Waals surface area contributed by atoms with Crippen LogP contribution in [0.4, 0.5) is 4.79 Å². The number of amides is 1. The van der Waals surface area contributed by atoms with Gasteiger partial charge in [0.2, 0.25) is 0 Å². The predicted octanol–water partition coefficient (Wildman–Crippen LogP) is 2.19.